The highest BCUT2D eigenvalue weighted by molar-refractivity contribution is 5.72. The zero-order valence-corrected chi connectivity index (χ0v) is 20.3. The summed E-state index contributed by atoms with van der Waals surface area (Å²) in [6.45, 7) is 4.02. The van der Waals surface area contributed by atoms with E-state index in [1.54, 1.807) is 12.0 Å². The van der Waals surface area contributed by atoms with E-state index in [4.69, 9.17) is 23.7 Å². The van der Waals surface area contributed by atoms with E-state index in [2.05, 4.69) is 11.8 Å². The van der Waals surface area contributed by atoms with Crippen molar-refractivity contribution in [1.29, 1.82) is 0 Å². The van der Waals surface area contributed by atoms with Gasteiger partial charge in [-0.2, -0.15) is 0 Å². The number of ether oxygens (including phenoxy) is 5. The molecule has 34 heavy (non-hydrogen) atoms. The van der Waals surface area contributed by atoms with Gasteiger partial charge in [0, 0.05) is 31.2 Å². The number of aryl methyl sites for hydroxylation is 1. The molecule has 1 saturated carbocycles. The fourth-order valence-electron chi connectivity index (χ4n) is 4.82. The van der Waals surface area contributed by atoms with Crippen molar-refractivity contribution >= 4 is 12.1 Å². The van der Waals surface area contributed by atoms with Gasteiger partial charge >= 0.3 is 12.1 Å². The maximum absolute atomic E-state index is 12.8. The highest BCUT2D eigenvalue weighted by atomic mass is 16.6. The number of fused-ring (bicyclic) bond motifs is 1. The number of amides is 1. The van der Waals surface area contributed by atoms with Crippen LogP contribution < -0.4 is 0 Å². The average molecular weight is 474 g/mol. The Kier molecular flexibility index (Phi) is 9.75. The van der Waals surface area contributed by atoms with Gasteiger partial charge in [-0.3, -0.25) is 0 Å². The first-order valence-corrected chi connectivity index (χ1v) is 11.8. The van der Waals surface area contributed by atoms with Crippen molar-refractivity contribution in [1.82, 2.24) is 4.90 Å². The summed E-state index contributed by atoms with van der Waals surface area (Å²) >= 11 is 0. The number of benzene rings is 1. The molecule has 8 nitrogen and oxygen atoms in total. The summed E-state index contributed by atoms with van der Waals surface area (Å²) in [5.41, 5.74) is 0.994. The molecule has 1 saturated heterocycles. The maximum atomic E-state index is 12.8. The van der Waals surface area contributed by atoms with Crippen LogP contribution in [0, 0.1) is 24.7 Å². The van der Waals surface area contributed by atoms with Crippen LogP contribution in [-0.2, 0) is 28.5 Å². The van der Waals surface area contributed by atoms with Crippen LogP contribution in [0.2, 0.25) is 0 Å². The van der Waals surface area contributed by atoms with E-state index in [-0.39, 0.29) is 31.3 Å². The molecule has 1 heterocycles. The standard InChI is InChI=1S/C26H35NO7/c1-20-6-4-7-21(18-20)9-12-26(34-24(28)19-33-17-16-32-15-14-30-2)11-5-8-23-22(26)10-13-27(23)25(29)31-3/h4,6-7,18,22-23H,5,8,10-11,13-17,19H2,1-3H3/t22-,23-,26-/m1/s1. The van der Waals surface area contributed by atoms with E-state index >= 15 is 0 Å². The molecule has 3 atom stereocenters. The van der Waals surface area contributed by atoms with Crippen LogP contribution in [0.25, 0.3) is 0 Å². The van der Waals surface area contributed by atoms with Gasteiger partial charge in [-0.05, 0) is 56.2 Å². The van der Waals surface area contributed by atoms with Crippen molar-refractivity contribution in [2.75, 3.05) is 53.8 Å². The Morgan fingerprint density at radius 2 is 1.91 bits per heavy atom. The molecule has 1 aliphatic carbocycles. The third-order valence-electron chi connectivity index (χ3n) is 6.36. The van der Waals surface area contributed by atoms with Crippen LogP contribution in [0.4, 0.5) is 4.79 Å². The second kappa shape index (κ2) is 12.7. The van der Waals surface area contributed by atoms with Crippen molar-refractivity contribution < 1.29 is 33.3 Å². The molecule has 1 amide bonds. The molecule has 0 radical (unpaired) electrons. The molecule has 0 spiro atoms. The molecule has 8 heteroatoms. The quantitative estimate of drug-likeness (QED) is 0.310. The fourth-order valence-corrected chi connectivity index (χ4v) is 4.82. The molecular formula is C26H35NO7. The third-order valence-corrected chi connectivity index (χ3v) is 6.36. The molecule has 1 aliphatic heterocycles. The largest absolute Gasteiger partial charge is 0.453 e. The molecule has 0 unspecified atom stereocenters. The van der Waals surface area contributed by atoms with Gasteiger partial charge in [0.2, 0.25) is 0 Å². The zero-order chi connectivity index (χ0) is 24.4. The Morgan fingerprint density at radius 1 is 1.12 bits per heavy atom. The second-order valence-corrected chi connectivity index (χ2v) is 8.66. The van der Waals surface area contributed by atoms with E-state index in [1.165, 1.54) is 7.11 Å². The lowest BCUT2D eigenvalue weighted by Crippen LogP contribution is -2.52. The minimum absolute atomic E-state index is 0.0732. The summed E-state index contributed by atoms with van der Waals surface area (Å²) in [7, 11) is 3.00. The summed E-state index contributed by atoms with van der Waals surface area (Å²) in [6, 6.07) is 7.84. The number of rotatable bonds is 9. The molecule has 2 fully saturated rings. The molecule has 1 aromatic rings. The molecule has 0 bridgehead atoms. The highest BCUT2D eigenvalue weighted by Crippen LogP contribution is 2.45. The van der Waals surface area contributed by atoms with E-state index in [1.807, 2.05) is 31.2 Å². The van der Waals surface area contributed by atoms with Crippen LogP contribution in [-0.4, -0.2) is 82.4 Å². The Hall–Kier alpha value is -2.60. The number of hydrogen-bond acceptors (Lipinski definition) is 7. The van der Waals surface area contributed by atoms with E-state index in [0.717, 1.165) is 24.0 Å². The first-order chi connectivity index (χ1) is 16.5. The number of carbonyl (C=O) groups excluding carboxylic acids is 2. The number of carbonyl (C=O) groups is 2. The smallest absolute Gasteiger partial charge is 0.409 e. The number of hydrogen-bond donors (Lipinski definition) is 0. The van der Waals surface area contributed by atoms with Crippen LogP contribution in [0.15, 0.2) is 24.3 Å². The average Bonchev–Trinajstić information content (AvgIpc) is 3.27. The zero-order valence-electron chi connectivity index (χ0n) is 20.3. The predicted molar refractivity (Wildman–Crippen MR) is 125 cm³/mol. The Balaban J connectivity index is 1.73. The molecule has 2 aliphatic rings. The Labute approximate surface area is 201 Å². The van der Waals surface area contributed by atoms with Crippen LogP contribution >= 0.6 is 0 Å². The van der Waals surface area contributed by atoms with Gasteiger partial charge in [0.15, 0.2) is 5.60 Å². The minimum Gasteiger partial charge on any atom is -0.453 e. The summed E-state index contributed by atoms with van der Waals surface area (Å²) in [6.07, 6.45) is 2.59. The minimum atomic E-state index is -0.981. The van der Waals surface area contributed by atoms with Gasteiger partial charge < -0.3 is 28.6 Å². The first kappa shape index (κ1) is 26.0. The van der Waals surface area contributed by atoms with Crippen molar-refractivity contribution in [2.45, 2.75) is 44.2 Å². The third kappa shape index (κ3) is 6.72. The maximum Gasteiger partial charge on any atom is 0.409 e. The lowest BCUT2D eigenvalue weighted by molar-refractivity contribution is -0.168. The van der Waals surface area contributed by atoms with E-state index < -0.39 is 11.6 Å². The van der Waals surface area contributed by atoms with E-state index in [9.17, 15) is 9.59 Å². The lowest BCUT2D eigenvalue weighted by Gasteiger charge is -2.42. The topological polar surface area (TPSA) is 83.5 Å². The predicted octanol–water partition coefficient (Wildman–Crippen LogP) is 2.95. The number of nitrogens with zero attached hydrogens (tertiary/aromatic N) is 1. The highest BCUT2D eigenvalue weighted by Gasteiger charge is 2.53. The van der Waals surface area contributed by atoms with Crippen LogP contribution in [0.5, 0.6) is 0 Å². The van der Waals surface area contributed by atoms with Crippen LogP contribution in [0.1, 0.15) is 36.8 Å². The van der Waals surface area contributed by atoms with Crippen LogP contribution in [0.3, 0.4) is 0 Å². The van der Waals surface area contributed by atoms with Crippen molar-refractivity contribution in [3.8, 4) is 11.8 Å². The molecule has 3 rings (SSSR count). The lowest BCUT2D eigenvalue weighted by atomic mass is 9.72. The van der Waals surface area contributed by atoms with Gasteiger partial charge in [0.1, 0.15) is 6.61 Å². The normalized spacial score (nSPS) is 23.6. The number of likely N-dealkylation sites (tertiary alicyclic amines) is 1. The van der Waals surface area contributed by atoms with Gasteiger partial charge in [-0.25, -0.2) is 9.59 Å². The Morgan fingerprint density at radius 3 is 2.68 bits per heavy atom. The number of esters is 1. The molecule has 1 aromatic carbocycles. The summed E-state index contributed by atoms with van der Waals surface area (Å²) < 4.78 is 26.8. The fraction of sp³-hybridized carbons (Fsp3) is 0.615. The Bertz CT molecular complexity index is 893. The number of methoxy groups -OCH3 is 2. The molecule has 0 N–H and O–H groups in total. The van der Waals surface area contributed by atoms with Gasteiger partial charge in [-0.15, -0.1) is 0 Å². The van der Waals surface area contributed by atoms with Crippen molar-refractivity contribution in [3.05, 3.63) is 35.4 Å². The monoisotopic (exact) mass is 473 g/mol. The summed E-state index contributed by atoms with van der Waals surface area (Å²) in [5, 5.41) is 0. The summed E-state index contributed by atoms with van der Waals surface area (Å²) in [5.74, 6) is 6.00. The van der Waals surface area contributed by atoms with Gasteiger partial charge in [-0.1, -0.05) is 18.1 Å². The van der Waals surface area contributed by atoms with Crippen molar-refractivity contribution in [3.63, 3.8) is 0 Å². The molecule has 0 aromatic heterocycles. The molecule has 186 valence electrons. The second-order valence-electron chi connectivity index (χ2n) is 8.66. The SMILES string of the molecule is COCCOCCOCC(=O)O[C@@]1(C#Cc2cccc(C)c2)CCC[C@@H]2[C@H]1CCN2C(=O)OC. The first-order valence-electron chi connectivity index (χ1n) is 11.8. The van der Waals surface area contributed by atoms with E-state index in [0.29, 0.717) is 39.2 Å². The van der Waals surface area contributed by atoms with Gasteiger partial charge in [0.25, 0.3) is 0 Å². The van der Waals surface area contributed by atoms with Gasteiger partial charge in [0.05, 0.1) is 33.5 Å². The summed E-state index contributed by atoms with van der Waals surface area (Å²) in [4.78, 5) is 26.8. The molecular weight excluding hydrogens is 438 g/mol. The van der Waals surface area contributed by atoms with Crippen molar-refractivity contribution in [2.24, 2.45) is 5.92 Å².